The number of carbonyl (C=O) groups is 1. The lowest BCUT2D eigenvalue weighted by Gasteiger charge is -2.55. The minimum Gasteiger partial charge on any atom is -0.481 e. The summed E-state index contributed by atoms with van der Waals surface area (Å²) in [4.78, 5) is 13.2. The summed E-state index contributed by atoms with van der Waals surface area (Å²) in [7, 11) is 0. The minimum atomic E-state index is -0.659. The van der Waals surface area contributed by atoms with Crippen LogP contribution in [0.2, 0.25) is 0 Å². The van der Waals surface area contributed by atoms with Crippen LogP contribution in [0.3, 0.4) is 0 Å². The molecule has 0 bridgehead atoms. The molecule has 0 amide bonds. The standard InChI is InChI=1S/C20H39NO2/c1-6-14-21-19(2,3)15-17(16-20(21,4)5)12-10-8-7-9-11-13-18(22)23/h17H,6-16H2,1-5H3,(H,22,23). The van der Waals surface area contributed by atoms with Gasteiger partial charge < -0.3 is 5.11 Å². The zero-order valence-corrected chi connectivity index (χ0v) is 16.2. The number of rotatable bonds is 10. The van der Waals surface area contributed by atoms with Crippen LogP contribution in [-0.4, -0.2) is 33.6 Å². The van der Waals surface area contributed by atoms with Gasteiger partial charge in [-0.3, -0.25) is 9.69 Å². The Bertz CT molecular complexity index is 345. The highest BCUT2D eigenvalue weighted by atomic mass is 16.4. The van der Waals surface area contributed by atoms with Crippen molar-refractivity contribution in [3.05, 3.63) is 0 Å². The lowest BCUT2D eigenvalue weighted by Crippen LogP contribution is -2.60. The molecule has 0 atom stereocenters. The van der Waals surface area contributed by atoms with Crippen LogP contribution >= 0.6 is 0 Å². The maximum absolute atomic E-state index is 10.5. The fourth-order valence-corrected chi connectivity index (χ4v) is 4.80. The number of hydrogen-bond acceptors (Lipinski definition) is 2. The Kier molecular flexibility index (Phi) is 8.06. The monoisotopic (exact) mass is 325 g/mol. The van der Waals surface area contributed by atoms with Crippen LogP contribution in [0.5, 0.6) is 0 Å². The Morgan fingerprint density at radius 3 is 2.04 bits per heavy atom. The molecule has 3 nitrogen and oxygen atoms in total. The Balaban J connectivity index is 2.32. The molecule has 23 heavy (non-hydrogen) atoms. The topological polar surface area (TPSA) is 40.5 Å². The van der Waals surface area contributed by atoms with Gasteiger partial charge in [-0.15, -0.1) is 0 Å². The minimum absolute atomic E-state index is 0.309. The number of piperidine rings is 1. The maximum Gasteiger partial charge on any atom is 0.303 e. The van der Waals surface area contributed by atoms with E-state index in [2.05, 4.69) is 39.5 Å². The van der Waals surface area contributed by atoms with Gasteiger partial charge in [0.05, 0.1) is 0 Å². The van der Waals surface area contributed by atoms with E-state index in [1.54, 1.807) is 0 Å². The molecular weight excluding hydrogens is 286 g/mol. The van der Waals surface area contributed by atoms with Crippen molar-refractivity contribution >= 4 is 5.97 Å². The van der Waals surface area contributed by atoms with Crippen LogP contribution in [0, 0.1) is 5.92 Å². The molecule has 0 aromatic carbocycles. The van der Waals surface area contributed by atoms with Crippen molar-refractivity contribution < 1.29 is 9.90 Å². The van der Waals surface area contributed by atoms with Crippen LogP contribution in [0.1, 0.15) is 98.8 Å². The van der Waals surface area contributed by atoms with Gasteiger partial charge in [0.2, 0.25) is 0 Å². The van der Waals surface area contributed by atoms with Crippen molar-refractivity contribution in [2.45, 2.75) is 110 Å². The first-order chi connectivity index (χ1) is 10.7. The quantitative estimate of drug-likeness (QED) is 0.541. The van der Waals surface area contributed by atoms with Gasteiger partial charge in [-0.2, -0.15) is 0 Å². The van der Waals surface area contributed by atoms with Gasteiger partial charge in [0, 0.05) is 17.5 Å². The predicted octanol–water partition coefficient (Wildman–Crippen LogP) is 5.48. The lowest BCUT2D eigenvalue weighted by atomic mass is 9.72. The highest BCUT2D eigenvalue weighted by Crippen LogP contribution is 2.43. The summed E-state index contributed by atoms with van der Waals surface area (Å²) < 4.78 is 0. The molecule has 0 saturated carbocycles. The van der Waals surface area contributed by atoms with E-state index >= 15 is 0 Å². The molecule has 1 heterocycles. The highest BCUT2D eigenvalue weighted by Gasteiger charge is 2.44. The van der Waals surface area contributed by atoms with Gasteiger partial charge in [0.15, 0.2) is 0 Å². The molecule has 1 rings (SSSR count). The van der Waals surface area contributed by atoms with Crippen molar-refractivity contribution in [3.8, 4) is 0 Å². The fraction of sp³-hybridized carbons (Fsp3) is 0.950. The van der Waals surface area contributed by atoms with Gasteiger partial charge in [-0.05, 0) is 65.8 Å². The molecule has 1 aliphatic rings. The molecular formula is C20H39NO2. The van der Waals surface area contributed by atoms with Gasteiger partial charge in [0.1, 0.15) is 0 Å². The summed E-state index contributed by atoms with van der Waals surface area (Å²) in [5, 5.41) is 8.64. The molecule has 0 radical (unpaired) electrons. The molecule has 0 aliphatic carbocycles. The largest absolute Gasteiger partial charge is 0.481 e. The summed E-state index contributed by atoms with van der Waals surface area (Å²) >= 11 is 0. The van der Waals surface area contributed by atoms with E-state index in [0.717, 1.165) is 18.8 Å². The number of hydrogen-bond donors (Lipinski definition) is 1. The second-order valence-corrected chi connectivity index (χ2v) is 8.75. The maximum atomic E-state index is 10.5. The number of carboxylic acids is 1. The van der Waals surface area contributed by atoms with Crippen molar-refractivity contribution in [3.63, 3.8) is 0 Å². The van der Waals surface area contributed by atoms with Gasteiger partial charge in [-0.1, -0.05) is 39.0 Å². The van der Waals surface area contributed by atoms with Crippen LogP contribution in [0.25, 0.3) is 0 Å². The Labute approximate surface area is 143 Å². The molecule has 136 valence electrons. The molecule has 0 spiro atoms. The van der Waals surface area contributed by atoms with Crippen molar-refractivity contribution in [2.75, 3.05) is 6.54 Å². The van der Waals surface area contributed by atoms with E-state index in [-0.39, 0.29) is 0 Å². The van der Waals surface area contributed by atoms with Crippen molar-refractivity contribution in [1.82, 2.24) is 4.90 Å². The Morgan fingerprint density at radius 1 is 1.00 bits per heavy atom. The van der Waals surface area contributed by atoms with Gasteiger partial charge >= 0.3 is 5.97 Å². The molecule has 3 heteroatoms. The third-order valence-electron chi connectivity index (χ3n) is 5.49. The number of aliphatic carboxylic acids is 1. The van der Waals surface area contributed by atoms with Crippen LogP contribution in [0.4, 0.5) is 0 Å². The van der Waals surface area contributed by atoms with E-state index in [4.69, 9.17) is 5.11 Å². The molecule has 0 unspecified atom stereocenters. The lowest BCUT2D eigenvalue weighted by molar-refractivity contribution is -0.137. The Morgan fingerprint density at radius 2 is 1.52 bits per heavy atom. The number of carboxylic acid groups (broad SMARTS) is 1. The molecule has 1 aliphatic heterocycles. The SMILES string of the molecule is CCCN1C(C)(C)CC(CCCCCCCC(=O)O)CC1(C)C. The third-order valence-corrected chi connectivity index (χ3v) is 5.49. The first-order valence-electron chi connectivity index (χ1n) is 9.68. The molecule has 1 fully saturated rings. The van der Waals surface area contributed by atoms with Crippen LogP contribution in [-0.2, 0) is 4.79 Å². The summed E-state index contributed by atoms with van der Waals surface area (Å²) in [6, 6.07) is 0. The van der Waals surface area contributed by atoms with Crippen LogP contribution in [0.15, 0.2) is 0 Å². The summed E-state index contributed by atoms with van der Waals surface area (Å²) in [5.41, 5.74) is 0.619. The van der Waals surface area contributed by atoms with E-state index in [1.165, 1.54) is 51.5 Å². The van der Waals surface area contributed by atoms with Crippen molar-refractivity contribution in [2.24, 2.45) is 5.92 Å². The second kappa shape index (κ2) is 9.05. The average Bonchev–Trinajstić information content (AvgIpc) is 2.40. The molecule has 1 N–H and O–H groups in total. The highest BCUT2D eigenvalue weighted by molar-refractivity contribution is 5.66. The average molecular weight is 326 g/mol. The van der Waals surface area contributed by atoms with E-state index in [1.807, 2.05) is 0 Å². The smallest absolute Gasteiger partial charge is 0.303 e. The Hall–Kier alpha value is -0.570. The second-order valence-electron chi connectivity index (χ2n) is 8.75. The third kappa shape index (κ3) is 6.82. The number of likely N-dealkylation sites (tertiary alicyclic amines) is 1. The molecule has 1 saturated heterocycles. The van der Waals surface area contributed by atoms with E-state index in [0.29, 0.717) is 17.5 Å². The summed E-state index contributed by atoms with van der Waals surface area (Å²) in [6.45, 7) is 13.2. The summed E-state index contributed by atoms with van der Waals surface area (Å²) in [5.74, 6) is 0.181. The van der Waals surface area contributed by atoms with Crippen molar-refractivity contribution in [1.29, 1.82) is 0 Å². The van der Waals surface area contributed by atoms with E-state index < -0.39 is 5.97 Å². The normalized spacial score (nSPS) is 21.4. The van der Waals surface area contributed by atoms with Crippen LogP contribution < -0.4 is 0 Å². The first-order valence-corrected chi connectivity index (χ1v) is 9.68. The van der Waals surface area contributed by atoms with Gasteiger partial charge in [0.25, 0.3) is 0 Å². The van der Waals surface area contributed by atoms with Gasteiger partial charge in [-0.25, -0.2) is 0 Å². The fourth-order valence-electron chi connectivity index (χ4n) is 4.80. The number of unbranched alkanes of at least 4 members (excludes halogenated alkanes) is 4. The first kappa shape index (κ1) is 20.5. The molecule has 0 aromatic rings. The molecule has 0 aromatic heterocycles. The van der Waals surface area contributed by atoms with E-state index in [9.17, 15) is 4.79 Å². The predicted molar refractivity (Wildman–Crippen MR) is 97.8 cm³/mol. The zero-order valence-electron chi connectivity index (χ0n) is 16.2. The summed E-state index contributed by atoms with van der Waals surface area (Å²) in [6.07, 6.45) is 11.2. The zero-order chi connectivity index (χ0) is 17.5. The number of nitrogens with zero attached hydrogens (tertiary/aromatic N) is 1.